The zero-order valence-corrected chi connectivity index (χ0v) is 14.3. The Hall–Kier alpha value is -2.86. The molecule has 2 rings (SSSR count). The van der Waals surface area contributed by atoms with E-state index in [2.05, 4.69) is 5.48 Å². The van der Waals surface area contributed by atoms with E-state index in [1.807, 2.05) is 24.3 Å². The van der Waals surface area contributed by atoms with Gasteiger partial charge >= 0.3 is 5.97 Å². The van der Waals surface area contributed by atoms with E-state index in [0.717, 1.165) is 11.1 Å². The Kier molecular flexibility index (Phi) is 6.54. The van der Waals surface area contributed by atoms with Crippen molar-refractivity contribution in [3.05, 3.63) is 59.7 Å². The normalized spacial score (nSPS) is 11.6. The number of hydroxylamine groups is 1. The third-order valence-corrected chi connectivity index (χ3v) is 3.76. The lowest BCUT2D eigenvalue weighted by Gasteiger charge is -2.18. The van der Waals surface area contributed by atoms with Gasteiger partial charge in [-0.25, -0.2) is 0 Å². The molecule has 0 bridgehead atoms. The summed E-state index contributed by atoms with van der Waals surface area (Å²) in [5.74, 6) is -0.332. The molecule has 0 fully saturated rings. The molecule has 0 aliphatic carbocycles. The summed E-state index contributed by atoms with van der Waals surface area (Å²) in [7, 11) is 1.59. The Bertz CT molecular complexity index is 711. The molecule has 1 atom stereocenters. The quantitative estimate of drug-likeness (QED) is 0.566. The van der Waals surface area contributed by atoms with Crippen LogP contribution in [0.1, 0.15) is 30.4 Å². The van der Waals surface area contributed by atoms with Crippen molar-refractivity contribution in [3.8, 4) is 5.75 Å². The number of hydrogen-bond acceptors (Lipinski definition) is 6. The number of rotatable bonds is 8. The molecule has 6 nitrogen and oxygen atoms in total. The second-order valence-corrected chi connectivity index (χ2v) is 5.49. The number of methoxy groups -OCH3 is 1. The molecule has 0 aliphatic rings. The van der Waals surface area contributed by atoms with Crippen LogP contribution in [0.25, 0.3) is 0 Å². The second kappa shape index (κ2) is 8.84. The van der Waals surface area contributed by atoms with E-state index in [1.54, 1.807) is 38.3 Å². The smallest absolute Gasteiger partial charge is 0.324 e. The molecular weight excluding hydrogens is 320 g/mol. The number of anilines is 1. The van der Waals surface area contributed by atoms with Gasteiger partial charge in [-0.3, -0.25) is 9.59 Å². The van der Waals surface area contributed by atoms with Crippen molar-refractivity contribution in [1.82, 2.24) is 5.48 Å². The number of ketones is 1. The van der Waals surface area contributed by atoms with Gasteiger partial charge in [0, 0.05) is 12.1 Å². The molecule has 1 unspecified atom stereocenters. The summed E-state index contributed by atoms with van der Waals surface area (Å²) >= 11 is 0. The number of benzene rings is 2. The first-order valence-electron chi connectivity index (χ1n) is 7.99. The minimum absolute atomic E-state index is 0.0905. The highest BCUT2D eigenvalue weighted by Crippen LogP contribution is 2.28. The van der Waals surface area contributed by atoms with Gasteiger partial charge in [0.2, 0.25) is 0 Å². The molecule has 3 N–H and O–H groups in total. The number of nitrogens with one attached hydrogen (secondary N) is 1. The minimum Gasteiger partial charge on any atom is -0.497 e. The number of nitrogen functional groups attached to an aromatic ring is 1. The van der Waals surface area contributed by atoms with Gasteiger partial charge < -0.3 is 15.3 Å². The number of ether oxygens (including phenoxy) is 1. The number of nitrogens with two attached hydrogens (primary N) is 1. The van der Waals surface area contributed by atoms with Gasteiger partial charge in [0.25, 0.3) is 0 Å². The number of hydrogen-bond donors (Lipinski definition) is 2. The van der Waals surface area contributed by atoms with Crippen LogP contribution in [-0.4, -0.2) is 25.4 Å². The van der Waals surface area contributed by atoms with Crippen LogP contribution >= 0.6 is 0 Å². The SMILES string of the molecule is CCC(=O)ONCC(=O)C(c1ccc(N)cc1)c1ccc(OC)cc1. The van der Waals surface area contributed by atoms with Crippen molar-refractivity contribution in [1.29, 1.82) is 0 Å². The average Bonchev–Trinajstić information content (AvgIpc) is 2.64. The Morgan fingerprint density at radius 1 is 1.04 bits per heavy atom. The molecule has 0 aromatic heterocycles. The van der Waals surface area contributed by atoms with Crippen LogP contribution in [0.5, 0.6) is 5.75 Å². The molecule has 2 aromatic carbocycles. The van der Waals surface area contributed by atoms with Crippen LogP contribution in [-0.2, 0) is 14.4 Å². The molecule has 0 radical (unpaired) electrons. The number of carbonyl (C=O) groups excluding carboxylic acids is 2. The topological polar surface area (TPSA) is 90.7 Å². The van der Waals surface area contributed by atoms with Gasteiger partial charge in [-0.1, -0.05) is 31.2 Å². The lowest BCUT2D eigenvalue weighted by molar-refractivity contribution is -0.151. The summed E-state index contributed by atoms with van der Waals surface area (Å²) in [5.41, 5.74) is 10.4. The van der Waals surface area contributed by atoms with E-state index in [-0.39, 0.29) is 18.7 Å². The van der Waals surface area contributed by atoms with Gasteiger partial charge in [-0.05, 0) is 35.4 Å². The third-order valence-electron chi connectivity index (χ3n) is 3.76. The van der Waals surface area contributed by atoms with Gasteiger partial charge in [-0.2, -0.15) is 0 Å². The first-order valence-corrected chi connectivity index (χ1v) is 7.99. The highest BCUT2D eigenvalue weighted by atomic mass is 16.7. The fourth-order valence-electron chi connectivity index (χ4n) is 2.41. The summed E-state index contributed by atoms with van der Waals surface area (Å²) in [4.78, 5) is 28.7. The van der Waals surface area contributed by atoms with Gasteiger partial charge in [-0.15, -0.1) is 5.48 Å². The number of carbonyl (C=O) groups is 2. The first-order chi connectivity index (χ1) is 12.0. The molecule has 132 valence electrons. The maximum Gasteiger partial charge on any atom is 0.324 e. The minimum atomic E-state index is -0.501. The zero-order valence-electron chi connectivity index (χ0n) is 14.3. The van der Waals surface area contributed by atoms with Crippen molar-refractivity contribution >= 4 is 17.4 Å². The zero-order chi connectivity index (χ0) is 18.2. The fourth-order valence-corrected chi connectivity index (χ4v) is 2.41. The van der Waals surface area contributed by atoms with Crippen LogP contribution in [0, 0.1) is 0 Å². The maximum atomic E-state index is 12.7. The lowest BCUT2D eigenvalue weighted by atomic mass is 9.87. The Labute approximate surface area is 146 Å². The van der Waals surface area contributed by atoms with Gasteiger partial charge in [0.1, 0.15) is 5.75 Å². The monoisotopic (exact) mass is 342 g/mol. The Morgan fingerprint density at radius 3 is 2.12 bits per heavy atom. The van der Waals surface area contributed by atoms with E-state index < -0.39 is 11.9 Å². The highest BCUT2D eigenvalue weighted by molar-refractivity contribution is 5.90. The molecule has 0 amide bonds. The Balaban J connectivity index is 2.23. The van der Waals surface area contributed by atoms with Crippen molar-refractivity contribution in [2.75, 3.05) is 19.4 Å². The van der Waals surface area contributed by atoms with Crippen LogP contribution in [0.3, 0.4) is 0 Å². The number of Topliss-reactive ketones (excluding diaryl/α,β-unsaturated/α-hetero) is 1. The lowest BCUT2D eigenvalue weighted by Crippen LogP contribution is -2.30. The summed E-state index contributed by atoms with van der Waals surface area (Å²) in [6.07, 6.45) is 0.237. The van der Waals surface area contributed by atoms with Crippen LogP contribution in [0.2, 0.25) is 0 Å². The van der Waals surface area contributed by atoms with Crippen molar-refractivity contribution in [2.24, 2.45) is 0 Å². The fraction of sp³-hybridized carbons (Fsp3) is 0.263. The molecule has 0 heterocycles. The molecule has 6 heteroatoms. The Morgan fingerprint density at radius 2 is 1.60 bits per heavy atom. The van der Waals surface area contributed by atoms with E-state index >= 15 is 0 Å². The summed E-state index contributed by atoms with van der Waals surface area (Å²) in [5, 5.41) is 0. The van der Waals surface area contributed by atoms with Crippen LogP contribution in [0.15, 0.2) is 48.5 Å². The van der Waals surface area contributed by atoms with Crippen LogP contribution in [0.4, 0.5) is 5.69 Å². The van der Waals surface area contributed by atoms with Crippen molar-refractivity contribution in [2.45, 2.75) is 19.3 Å². The largest absolute Gasteiger partial charge is 0.497 e. The predicted molar refractivity (Wildman–Crippen MR) is 95.1 cm³/mol. The average molecular weight is 342 g/mol. The van der Waals surface area contributed by atoms with E-state index in [4.69, 9.17) is 15.3 Å². The molecule has 0 saturated carbocycles. The molecule has 0 spiro atoms. The molecule has 2 aromatic rings. The summed E-state index contributed by atoms with van der Waals surface area (Å²) < 4.78 is 5.16. The van der Waals surface area contributed by atoms with E-state index in [0.29, 0.717) is 11.4 Å². The maximum absolute atomic E-state index is 12.7. The van der Waals surface area contributed by atoms with Crippen molar-refractivity contribution < 1.29 is 19.2 Å². The van der Waals surface area contributed by atoms with Crippen molar-refractivity contribution in [3.63, 3.8) is 0 Å². The van der Waals surface area contributed by atoms with E-state index in [1.165, 1.54) is 0 Å². The third kappa shape index (κ3) is 5.06. The predicted octanol–water partition coefficient (Wildman–Crippen LogP) is 2.44. The second-order valence-electron chi connectivity index (χ2n) is 5.49. The van der Waals surface area contributed by atoms with E-state index in [9.17, 15) is 9.59 Å². The van der Waals surface area contributed by atoms with Crippen LogP contribution < -0.4 is 16.0 Å². The molecule has 0 saturated heterocycles. The molecular formula is C19H22N2O4. The molecule has 0 aliphatic heterocycles. The summed E-state index contributed by atoms with van der Waals surface area (Å²) in [6, 6.07) is 14.4. The van der Waals surface area contributed by atoms with Gasteiger partial charge in [0.15, 0.2) is 5.78 Å². The highest BCUT2D eigenvalue weighted by Gasteiger charge is 2.23. The summed E-state index contributed by atoms with van der Waals surface area (Å²) in [6.45, 7) is 1.59. The standard InChI is InChI=1S/C19H22N2O4/c1-3-18(23)25-21-12-17(22)19(13-4-8-15(20)9-5-13)14-6-10-16(24-2)11-7-14/h4-11,19,21H,3,12,20H2,1-2H3. The first kappa shape index (κ1) is 18.5. The molecule has 25 heavy (non-hydrogen) atoms. The van der Waals surface area contributed by atoms with Gasteiger partial charge in [0.05, 0.1) is 19.6 Å².